The van der Waals surface area contributed by atoms with Gasteiger partial charge < -0.3 is 15.2 Å². The van der Waals surface area contributed by atoms with Crippen LogP contribution < -0.4 is 5.32 Å². The maximum atomic E-state index is 12.9. The molecule has 0 aliphatic carbocycles. The minimum absolute atomic E-state index is 0.294. The summed E-state index contributed by atoms with van der Waals surface area (Å²) in [4.78, 5) is 17.4. The van der Waals surface area contributed by atoms with E-state index in [1.165, 1.54) is 0 Å². The van der Waals surface area contributed by atoms with E-state index in [9.17, 15) is 9.90 Å². The fraction of sp³-hybridized carbons (Fsp3) is 0.261. The number of nitrogens with zero attached hydrogens (tertiary/aromatic N) is 3. The molecule has 31 heavy (non-hydrogen) atoms. The zero-order chi connectivity index (χ0) is 21.2. The molecule has 1 aromatic carbocycles. The van der Waals surface area contributed by atoms with Crippen molar-refractivity contribution in [1.82, 2.24) is 20.1 Å². The van der Waals surface area contributed by atoms with E-state index < -0.39 is 12.1 Å². The molecule has 4 heterocycles. The van der Waals surface area contributed by atoms with E-state index in [4.69, 9.17) is 4.74 Å². The number of amides is 1. The Morgan fingerprint density at radius 2 is 2.16 bits per heavy atom. The first-order chi connectivity index (χ1) is 15.2. The van der Waals surface area contributed by atoms with Gasteiger partial charge in [-0.05, 0) is 59.7 Å². The third-order valence-electron chi connectivity index (χ3n) is 5.46. The summed E-state index contributed by atoms with van der Waals surface area (Å²) in [7, 11) is 0. The lowest BCUT2D eigenvalue weighted by molar-refractivity contribution is -0.0140. The van der Waals surface area contributed by atoms with Crippen LogP contribution in [0.25, 0.3) is 15.9 Å². The number of thiophene rings is 1. The van der Waals surface area contributed by atoms with Crippen LogP contribution in [0.5, 0.6) is 0 Å². The summed E-state index contributed by atoms with van der Waals surface area (Å²) >= 11 is 1.62. The molecule has 0 spiro atoms. The number of aliphatic hydroxyl groups is 1. The standard InChI is InChI=1S/C23H22N4O3S/c28-21-6-10-30-14-20(21)26-23(29)19-13-16(22-18(25-19)7-11-31-22)12-15-2-4-17(5-3-15)27-9-1-8-24-27/h1-5,7-9,11,13,20-21,28H,6,10,12,14H2,(H,26,29)/t20-,21-/m1/s1. The van der Waals surface area contributed by atoms with Crippen LogP contribution in [-0.4, -0.2) is 51.1 Å². The zero-order valence-electron chi connectivity index (χ0n) is 16.8. The summed E-state index contributed by atoms with van der Waals surface area (Å²) in [5.74, 6) is -0.294. The van der Waals surface area contributed by atoms with Crippen LogP contribution in [0.1, 0.15) is 28.0 Å². The minimum Gasteiger partial charge on any atom is -0.391 e. The molecule has 1 saturated heterocycles. The van der Waals surface area contributed by atoms with Gasteiger partial charge in [-0.25, -0.2) is 9.67 Å². The van der Waals surface area contributed by atoms with Gasteiger partial charge in [0.25, 0.3) is 5.91 Å². The smallest absolute Gasteiger partial charge is 0.270 e. The van der Waals surface area contributed by atoms with Crippen molar-refractivity contribution < 1.29 is 14.6 Å². The van der Waals surface area contributed by atoms with Gasteiger partial charge in [-0.2, -0.15) is 5.10 Å². The van der Waals surface area contributed by atoms with Gasteiger partial charge in [0.1, 0.15) is 5.69 Å². The Hall–Kier alpha value is -3.07. The third kappa shape index (κ3) is 4.23. The number of rotatable bonds is 5. The summed E-state index contributed by atoms with van der Waals surface area (Å²) < 4.78 is 8.28. The Morgan fingerprint density at radius 1 is 1.29 bits per heavy atom. The topological polar surface area (TPSA) is 89.3 Å². The van der Waals surface area contributed by atoms with Crippen molar-refractivity contribution in [3.8, 4) is 5.69 Å². The van der Waals surface area contributed by atoms with Gasteiger partial charge in [0.2, 0.25) is 0 Å². The summed E-state index contributed by atoms with van der Waals surface area (Å²) in [6.07, 6.45) is 4.27. The molecule has 0 bridgehead atoms. The fourth-order valence-corrected chi connectivity index (χ4v) is 4.64. The molecule has 1 fully saturated rings. The number of carbonyl (C=O) groups excluding carboxylic acids is 1. The van der Waals surface area contributed by atoms with Crippen molar-refractivity contribution in [2.45, 2.75) is 25.0 Å². The molecule has 7 nitrogen and oxygen atoms in total. The lowest BCUT2D eigenvalue weighted by Gasteiger charge is -2.28. The number of pyridine rings is 1. The predicted octanol–water partition coefficient (Wildman–Crippen LogP) is 2.95. The van der Waals surface area contributed by atoms with Crippen molar-refractivity contribution >= 4 is 27.5 Å². The quantitative estimate of drug-likeness (QED) is 0.504. The molecule has 1 amide bonds. The largest absolute Gasteiger partial charge is 0.391 e. The molecular formula is C23H22N4O3S. The highest BCUT2D eigenvalue weighted by molar-refractivity contribution is 7.17. The van der Waals surface area contributed by atoms with Crippen molar-refractivity contribution in [1.29, 1.82) is 0 Å². The molecule has 0 radical (unpaired) electrons. The molecule has 4 aromatic rings. The van der Waals surface area contributed by atoms with E-state index in [0.29, 0.717) is 31.7 Å². The van der Waals surface area contributed by atoms with Gasteiger partial charge in [-0.3, -0.25) is 4.79 Å². The monoisotopic (exact) mass is 434 g/mol. The second kappa shape index (κ2) is 8.58. The molecule has 1 aliphatic heterocycles. The molecule has 0 saturated carbocycles. The van der Waals surface area contributed by atoms with Crippen molar-refractivity contribution in [2.24, 2.45) is 0 Å². The Labute approximate surface area is 183 Å². The van der Waals surface area contributed by atoms with Crippen LogP contribution in [0.2, 0.25) is 0 Å². The molecule has 0 unspecified atom stereocenters. The summed E-state index contributed by atoms with van der Waals surface area (Å²) in [6, 6.07) is 13.5. The number of hydrogen-bond acceptors (Lipinski definition) is 6. The van der Waals surface area contributed by atoms with E-state index in [2.05, 4.69) is 27.5 Å². The van der Waals surface area contributed by atoms with Crippen molar-refractivity contribution in [2.75, 3.05) is 13.2 Å². The molecular weight excluding hydrogens is 412 g/mol. The summed E-state index contributed by atoms with van der Waals surface area (Å²) in [5, 5.41) is 19.2. The van der Waals surface area contributed by atoms with E-state index in [0.717, 1.165) is 27.0 Å². The second-order valence-electron chi connectivity index (χ2n) is 7.61. The summed E-state index contributed by atoms with van der Waals surface area (Å²) in [6.45, 7) is 0.818. The third-order valence-corrected chi connectivity index (χ3v) is 6.44. The number of fused-ring (bicyclic) bond motifs is 1. The fourth-order valence-electron chi connectivity index (χ4n) is 3.79. The van der Waals surface area contributed by atoms with E-state index >= 15 is 0 Å². The van der Waals surface area contributed by atoms with Crippen LogP contribution in [0, 0.1) is 0 Å². The number of nitrogens with one attached hydrogen (secondary N) is 1. The number of carbonyl (C=O) groups is 1. The van der Waals surface area contributed by atoms with E-state index in [1.54, 1.807) is 17.5 Å². The van der Waals surface area contributed by atoms with E-state index in [1.807, 2.05) is 46.6 Å². The second-order valence-corrected chi connectivity index (χ2v) is 8.52. The number of hydrogen-bond donors (Lipinski definition) is 2. The van der Waals surface area contributed by atoms with E-state index in [-0.39, 0.29) is 5.91 Å². The predicted molar refractivity (Wildman–Crippen MR) is 119 cm³/mol. The maximum Gasteiger partial charge on any atom is 0.270 e. The molecule has 2 N–H and O–H groups in total. The average Bonchev–Trinajstić information content (AvgIpc) is 3.48. The first kappa shape index (κ1) is 19.9. The lowest BCUT2D eigenvalue weighted by Crippen LogP contribution is -2.49. The van der Waals surface area contributed by atoms with Gasteiger partial charge >= 0.3 is 0 Å². The number of aliphatic hydroxyl groups excluding tert-OH is 1. The van der Waals surface area contributed by atoms with Crippen LogP contribution in [-0.2, 0) is 11.2 Å². The van der Waals surface area contributed by atoms with Gasteiger partial charge in [0.15, 0.2) is 0 Å². The Bertz CT molecular complexity index is 1190. The lowest BCUT2D eigenvalue weighted by atomic mass is 10.0. The molecule has 3 aromatic heterocycles. The van der Waals surface area contributed by atoms with Crippen molar-refractivity contribution in [3.05, 3.63) is 77.1 Å². The Morgan fingerprint density at radius 3 is 2.94 bits per heavy atom. The number of aromatic nitrogens is 3. The van der Waals surface area contributed by atoms with Gasteiger partial charge in [0, 0.05) is 19.0 Å². The maximum absolute atomic E-state index is 12.9. The first-order valence-corrected chi connectivity index (χ1v) is 11.1. The molecule has 2 atom stereocenters. The minimum atomic E-state index is -0.602. The molecule has 8 heteroatoms. The van der Waals surface area contributed by atoms with Gasteiger partial charge in [-0.1, -0.05) is 12.1 Å². The zero-order valence-corrected chi connectivity index (χ0v) is 17.6. The highest BCUT2D eigenvalue weighted by atomic mass is 32.1. The van der Waals surface area contributed by atoms with Crippen LogP contribution in [0.4, 0.5) is 0 Å². The number of ether oxygens (including phenoxy) is 1. The Balaban J connectivity index is 1.39. The molecule has 5 rings (SSSR count). The van der Waals surface area contributed by atoms with Crippen LogP contribution >= 0.6 is 11.3 Å². The molecule has 1 aliphatic rings. The highest BCUT2D eigenvalue weighted by Crippen LogP contribution is 2.27. The van der Waals surface area contributed by atoms with Crippen LogP contribution in [0.3, 0.4) is 0 Å². The van der Waals surface area contributed by atoms with Crippen molar-refractivity contribution in [3.63, 3.8) is 0 Å². The number of benzene rings is 1. The molecule has 158 valence electrons. The van der Waals surface area contributed by atoms with Gasteiger partial charge in [0.05, 0.1) is 34.7 Å². The SMILES string of the molecule is O=C(N[C@@H]1COCC[C@H]1O)c1cc(Cc2ccc(-n3cccn3)cc2)c2sccc2n1. The average molecular weight is 435 g/mol. The highest BCUT2D eigenvalue weighted by Gasteiger charge is 2.26. The first-order valence-electron chi connectivity index (χ1n) is 10.2. The van der Waals surface area contributed by atoms with Gasteiger partial charge in [-0.15, -0.1) is 11.3 Å². The summed E-state index contributed by atoms with van der Waals surface area (Å²) in [5.41, 5.74) is 4.35. The van der Waals surface area contributed by atoms with Crippen LogP contribution in [0.15, 0.2) is 60.2 Å². The Kier molecular flexibility index (Phi) is 5.50. The normalized spacial score (nSPS) is 18.9.